The van der Waals surface area contributed by atoms with E-state index in [-0.39, 0.29) is 11.9 Å². The van der Waals surface area contributed by atoms with Gasteiger partial charge in [-0.05, 0) is 25.0 Å². The van der Waals surface area contributed by atoms with Crippen LogP contribution in [0.1, 0.15) is 29.5 Å². The molecule has 2 aromatic rings. The lowest BCUT2D eigenvalue weighted by Crippen LogP contribution is -2.24. The molecule has 1 aromatic heterocycles. The van der Waals surface area contributed by atoms with Gasteiger partial charge in [-0.2, -0.15) is 5.10 Å². The molecule has 0 aliphatic carbocycles. The Hall–Kier alpha value is -2.56. The van der Waals surface area contributed by atoms with Gasteiger partial charge in [0.1, 0.15) is 5.82 Å². The minimum Gasteiger partial charge on any atom is -0.466 e. The van der Waals surface area contributed by atoms with Crippen LogP contribution in [0.25, 0.3) is 0 Å². The third-order valence-corrected chi connectivity index (χ3v) is 4.18. The maximum atomic E-state index is 12.3. The molecule has 22 heavy (non-hydrogen) atoms. The van der Waals surface area contributed by atoms with E-state index < -0.39 is 0 Å². The second kappa shape index (κ2) is 5.33. The number of anilines is 1. The van der Waals surface area contributed by atoms with Crippen LogP contribution in [0.2, 0.25) is 0 Å². The first-order chi connectivity index (χ1) is 10.5. The SMILES string of the molecule is COC(=O)C1=C(C)Nc2c(cnn2C)C1c1ccccc1C. The lowest BCUT2D eigenvalue weighted by atomic mass is 9.81. The van der Waals surface area contributed by atoms with E-state index in [4.69, 9.17) is 4.74 Å². The van der Waals surface area contributed by atoms with Crippen LogP contribution < -0.4 is 5.32 Å². The monoisotopic (exact) mass is 297 g/mol. The molecule has 0 amide bonds. The first-order valence-electron chi connectivity index (χ1n) is 7.18. The van der Waals surface area contributed by atoms with Crippen LogP contribution in [0.3, 0.4) is 0 Å². The van der Waals surface area contributed by atoms with Gasteiger partial charge < -0.3 is 10.1 Å². The lowest BCUT2D eigenvalue weighted by molar-refractivity contribution is -0.136. The maximum Gasteiger partial charge on any atom is 0.336 e. The Bertz CT molecular complexity index is 774. The highest BCUT2D eigenvalue weighted by Crippen LogP contribution is 2.42. The van der Waals surface area contributed by atoms with Crippen molar-refractivity contribution in [2.45, 2.75) is 19.8 Å². The van der Waals surface area contributed by atoms with Crippen molar-refractivity contribution in [1.82, 2.24) is 9.78 Å². The van der Waals surface area contributed by atoms with Crippen molar-refractivity contribution in [2.75, 3.05) is 12.4 Å². The zero-order chi connectivity index (χ0) is 15.9. The second-order valence-corrected chi connectivity index (χ2v) is 5.52. The number of hydrogen-bond donors (Lipinski definition) is 1. The van der Waals surface area contributed by atoms with Crippen molar-refractivity contribution >= 4 is 11.8 Å². The van der Waals surface area contributed by atoms with E-state index in [9.17, 15) is 4.79 Å². The van der Waals surface area contributed by atoms with Crippen LogP contribution in [0, 0.1) is 6.92 Å². The van der Waals surface area contributed by atoms with Crippen molar-refractivity contribution in [3.63, 3.8) is 0 Å². The van der Waals surface area contributed by atoms with Crippen molar-refractivity contribution in [2.24, 2.45) is 7.05 Å². The average Bonchev–Trinajstić information content (AvgIpc) is 2.87. The Labute approximate surface area is 129 Å². The molecule has 3 rings (SSSR count). The Balaban J connectivity index is 2.26. The molecule has 0 spiro atoms. The number of nitrogens with one attached hydrogen (secondary N) is 1. The Kier molecular flexibility index (Phi) is 3.48. The largest absolute Gasteiger partial charge is 0.466 e. The summed E-state index contributed by atoms with van der Waals surface area (Å²) in [6.45, 7) is 3.95. The van der Waals surface area contributed by atoms with Gasteiger partial charge in [0.15, 0.2) is 0 Å². The molecule has 1 atom stereocenters. The summed E-state index contributed by atoms with van der Waals surface area (Å²) in [4.78, 5) is 12.3. The summed E-state index contributed by atoms with van der Waals surface area (Å²) in [7, 11) is 3.30. The number of carbonyl (C=O) groups is 1. The number of aryl methyl sites for hydroxylation is 2. The molecule has 0 saturated heterocycles. The molecule has 5 heteroatoms. The molecular formula is C17H19N3O2. The van der Waals surface area contributed by atoms with E-state index in [0.29, 0.717) is 5.57 Å². The fourth-order valence-electron chi connectivity index (χ4n) is 3.05. The number of methoxy groups -OCH3 is 1. The minimum atomic E-state index is -0.312. The van der Waals surface area contributed by atoms with Crippen LogP contribution in [0.5, 0.6) is 0 Å². The molecular weight excluding hydrogens is 278 g/mol. The number of fused-ring (bicyclic) bond motifs is 1. The summed E-state index contributed by atoms with van der Waals surface area (Å²) >= 11 is 0. The van der Waals surface area contributed by atoms with Gasteiger partial charge in [-0.3, -0.25) is 4.68 Å². The van der Waals surface area contributed by atoms with Crippen molar-refractivity contribution in [3.8, 4) is 0 Å². The topological polar surface area (TPSA) is 56.1 Å². The number of carbonyl (C=O) groups excluding carboxylic acids is 1. The van der Waals surface area contributed by atoms with Crippen LogP contribution in [-0.4, -0.2) is 22.9 Å². The normalized spacial score (nSPS) is 17.0. The van der Waals surface area contributed by atoms with Gasteiger partial charge in [0.05, 0.1) is 18.9 Å². The zero-order valence-corrected chi connectivity index (χ0v) is 13.2. The van der Waals surface area contributed by atoms with Crippen LogP contribution in [-0.2, 0) is 16.6 Å². The third kappa shape index (κ3) is 2.09. The molecule has 2 heterocycles. The molecule has 0 saturated carbocycles. The van der Waals surface area contributed by atoms with E-state index in [1.54, 1.807) is 4.68 Å². The summed E-state index contributed by atoms with van der Waals surface area (Å²) in [6, 6.07) is 8.10. The quantitative estimate of drug-likeness (QED) is 0.866. The molecule has 1 aliphatic rings. The Morgan fingerprint density at radius 2 is 2.00 bits per heavy atom. The van der Waals surface area contributed by atoms with E-state index in [0.717, 1.165) is 28.2 Å². The van der Waals surface area contributed by atoms with Crippen LogP contribution in [0.4, 0.5) is 5.82 Å². The van der Waals surface area contributed by atoms with Gasteiger partial charge in [-0.15, -0.1) is 0 Å². The predicted octanol–water partition coefficient (Wildman–Crippen LogP) is 2.73. The van der Waals surface area contributed by atoms with Gasteiger partial charge in [0.25, 0.3) is 0 Å². The fourth-order valence-corrected chi connectivity index (χ4v) is 3.05. The average molecular weight is 297 g/mol. The van der Waals surface area contributed by atoms with Gasteiger partial charge >= 0.3 is 5.97 Å². The Morgan fingerprint density at radius 1 is 1.27 bits per heavy atom. The molecule has 5 nitrogen and oxygen atoms in total. The number of benzene rings is 1. The van der Waals surface area contributed by atoms with Gasteiger partial charge in [-0.25, -0.2) is 4.79 Å². The highest BCUT2D eigenvalue weighted by Gasteiger charge is 2.35. The Morgan fingerprint density at radius 3 is 2.68 bits per heavy atom. The predicted molar refractivity (Wildman–Crippen MR) is 84.6 cm³/mol. The molecule has 1 aliphatic heterocycles. The first kappa shape index (κ1) is 14.4. The smallest absolute Gasteiger partial charge is 0.336 e. The summed E-state index contributed by atoms with van der Waals surface area (Å²) in [5, 5.41) is 7.60. The molecule has 0 fully saturated rings. The summed E-state index contributed by atoms with van der Waals surface area (Å²) < 4.78 is 6.80. The summed E-state index contributed by atoms with van der Waals surface area (Å²) in [6.07, 6.45) is 1.81. The van der Waals surface area contributed by atoms with E-state index in [1.165, 1.54) is 7.11 Å². The number of allylic oxidation sites excluding steroid dienone is 1. The number of rotatable bonds is 2. The lowest BCUT2D eigenvalue weighted by Gasteiger charge is -2.28. The number of ether oxygens (including phenoxy) is 1. The number of nitrogens with zero attached hydrogens (tertiary/aromatic N) is 2. The molecule has 114 valence electrons. The maximum absolute atomic E-state index is 12.3. The number of hydrogen-bond acceptors (Lipinski definition) is 4. The van der Waals surface area contributed by atoms with Crippen LogP contribution in [0.15, 0.2) is 41.7 Å². The number of esters is 1. The molecule has 0 bridgehead atoms. The number of aromatic nitrogens is 2. The second-order valence-electron chi connectivity index (χ2n) is 5.52. The first-order valence-corrected chi connectivity index (χ1v) is 7.18. The van der Waals surface area contributed by atoms with E-state index in [1.807, 2.05) is 32.3 Å². The highest BCUT2D eigenvalue weighted by atomic mass is 16.5. The van der Waals surface area contributed by atoms with Gasteiger partial charge in [0, 0.05) is 24.2 Å². The molecule has 1 aromatic carbocycles. The molecule has 1 N–H and O–H groups in total. The van der Waals surface area contributed by atoms with E-state index >= 15 is 0 Å². The molecule has 1 unspecified atom stereocenters. The minimum absolute atomic E-state index is 0.168. The zero-order valence-electron chi connectivity index (χ0n) is 13.2. The third-order valence-electron chi connectivity index (χ3n) is 4.18. The van der Waals surface area contributed by atoms with Crippen molar-refractivity contribution in [1.29, 1.82) is 0 Å². The van der Waals surface area contributed by atoms with E-state index in [2.05, 4.69) is 29.5 Å². The van der Waals surface area contributed by atoms with Gasteiger partial charge in [-0.1, -0.05) is 24.3 Å². The van der Waals surface area contributed by atoms with Crippen LogP contribution >= 0.6 is 0 Å². The van der Waals surface area contributed by atoms with Crippen molar-refractivity contribution in [3.05, 3.63) is 58.4 Å². The van der Waals surface area contributed by atoms with Crippen molar-refractivity contribution < 1.29 is 9.53 Å². The highest BCUT2D eigenvalue weighted by molar-refractivity contribution is 5.94. The summed E-state index contributed by atoms with van der Waals surface area (Å²) in [5.41, 5.74) is 4.66. The standard InChI is InChI=1S/C17H19N3O2/c1-10-7-5-6-8-12(10)15-13-9-18-20(3)16(13)19-11(2)14(15)17(21)22-4/h5-9,15,19H,1-4H3. The molecule has 0 radical (unpaired) electrons. The summed E-state index contributed by atoms with van der Waals surface area (Å²) in [5.74, 6) is 0.435. The fraction of sp³-hybridized carbons (Fsp3) is 0.294. The van der Waals surface area contributed by atoms with Gasteiger partial charge in [0.2, 0.25) is 0 Å².